The number of rotatable bonds is 9. The number of halogens is 2. The number of nitrogens with zero attached hydrogens (tertiary/aromatic N) is 2. The van der Waals surface area contributed by atoms with Gasteiger partial charge in [0.2, 0.25) is 5.91 Å². The van der Waals surface area contributed by atoms with E-state index in [0.717, 1.165) is 32.4 Å². The Morgan fingerprint density at radius 1 is 1.05 bits per heavy atom. The van der Waals surface area contributed by atoms with Crippen molar-refractivity contribution in [2.45, 2.75) is 106 Å². The lowest BCUT2D eigenvalue weighted by molar-refractivity contribution is -0.137. The van der Waals surface area contributed by atoms with Crippen LogP contribution >= 0.6 is 11.6 Å². The SMILES string of the molecule is CCC(=O)O.CCCN(CCC(C)CC)C(=O)C1CN(C(C)(C)C)C[C@H]1c1ccc(Cl)cc1F.Cc1cccc(C)c1C. The van der Waals surface area contributed by atoms with Crippen LogP contribution in [0, 0.1) is 38.4 Å². The van der Waals surface area contributed by atoms with Crippen LogP contribution in [0.25, 0.3) is 0 Å². The Labute approximate surface area is 265 Å². The lowest BCUT2D eigenvalue weighted by Gasteiger charge is -2.32. The van der Waals surface area contributed by atoms with Crippen LogP contribution in [0.4, 0.5) is 4.39 Å². The summed E-state index contributed by atoms with van der Waals surface area (Å²) in [6, 6.07) is 11.2. The minimum absolute atomic E-state index is 0.0670. The van der Waals surface area contributed by atoms with Crippen molar-refractivity contribution in [3.63, 3.8) is 0 Å². The zero-order valence-corrected chi connectivity index (χ0v) is 29.0. The summed E-state index contributed by atoms with van der Waals surface area (Å²) in [4.78, 5) is 27.3. The van der Waals surface area contributed by atoms with E-state index in [1.54, 1.807) is 19.1 Å². The van der Waals surface area contributed by atoms with E-state index >= 15 is 0 Å². The van der Waals surface area contributed by atoms with E-state index in [2.05, 4.69) is 85.4 Å². The first-order valence-corrected chi connectivity index (χ1v) is 16.2. The highest BCUT2D eigenvalue weighted by Crippen LogP contribution is 2.39. The third kappa shape index (κ3) is 12.6. The zero-order chi connectivity index (χ0) is 32.9. The first kappa shape index (κ1) is 38.6. The van der Waals surface area contributed by atoms with Gasteiger partial charge < -0.3 is 10.0 Å². The molecule has 0 saturated carbocycles. The maximum Gasteiger partial charge on any atom is 0.303 e. The standard InChI is InChI=1S/C24H38ClFN2O.C9H12.C3H6O2/c1-7-12-27(13-11-17(3)8-2)23(29)21-16-28(24(4,5)6)15-20(21)19-10-9-18(25)14-22(19)26;1-7-5-4-6-8(2)9(7)3;1-2-3(4)5/h9-10,14,17,20-21H,7-8,11-13,15-16H2,1-6H3;4-6H,1-3H3;2H2,1H3,(H,4,5)/t17?,20-,21?;;/m0../s1. The van der Waals surface area contributed by atoms with E-state index in [1.165, 1.54) is 22.8 Å². The molecule has 0 aliphatic carbocycles. The van der Waals surface area contributed by atoms with Crippen molar-refractivity contribution >= 4 is 23.5 Å². The van der Waals surface area contributed by atoms with Crippen molar-refractivity contribution < 1.29 is 19.1 Å². The van der Waals surface area contributed by atoms with Crippen LogP contribution in [0.1, 0.15) is 102 Å². The van der Waals surface area contributed by atoms with E-state index in [-0.39, 0.29) is 35.5 Å². The summed E-state index contributed by atoms with van der Waals surface area (Å²) in [6.45, 7) is 23.9. The van der Waals surface area contributed by atoms with Gasteiger partial charge in [0.1, 0.15) is 5.82 Å². The Balaban J connectivity index is 0.000000540. The summed E-state index contributed by atoms with van der Waals surface area (Å²) >= 11 is 5.97. The Hall–Kier alpha value is -2.44. The first-order valence-electron chi connectivity index (χ1n) is 15.8. The molecule has 1 saturated heterocycles. The Morgan fingerprint density at radius 3 is 2.07 bits per heavy atom. The fourth-order valence-corrected chi connectivity index (χ4v) is 5.19. The predicted octanol–water partition coefficient (Wildman–Crippen LogP) is 9.06. The minimum Gasteiger partial charge on any atom is -0.481 e. The molecule has 7 heteroatoms. The van der Waals surface area contributed by atoms with Gasteiger partial charge in [-0.15, -0.1) is 0 Å². The molecule has 3 atom stereocenters. The Kier molecular flexibility index (Phi) is 16.5. The summed E-state index contributed by atoms with van der Waals surface area (Å²) in [5.74, 6) is -0.666. The molecule has 1 heterocycles. The van der Waals surface area contributed by atoms with Gasteiger partial charge in [0.25, 0.3) is 0 Å². The lowest BCUT2D eigenvalue weighted by atomic mass is 9.87. The summed E-state index contributed by atoms with van der Waals surface area (Å²) in [5.41, 5.74) is 4.73. The number of carbonyl (C=O) groups is 2. The number of likely N-dealkylation sites (tertiary alicyclic amines) is 1. The molecule has 0 spiro atoms. The minimum atomic E-state index is -0.745. The van der Waals surface area contributed by atoms with Crippen LogP contribution in [0.5, 0.6) is 0 Å². The fourth-order valence-electron chi connectivity index (χ4n) is 5.03. The van der Waals surface area contributed by atoms with Crippen molar-refractivity contribution in [2.75, 3.05) is 26.2 Å². The van der Waals surface area contributed by atoms with Crippen molar-refractivity contribution in [3.05, 3.63) is 69.5 Å². The van der Waals surface area contributed by atoms with Crippen LogP contribution in [0.2, 0.25) is 5.02 Å². The van der Waals surface area contributed by atoms with Crippen molar-refractivity contribution in [1.82, 2.24) is 9.80 Å². The van der Waals surface area contributed by atoms with E-state index in [4.69, 9.17) is 16.7 Å². The summed E-state index contributed by atoms with van der Waals surface area (Å²) < 4.78 is 14.8. The highest BCUT2D eigenvalue weighted by molar-refractivity contribution is 6.30. The lowest BCUT2D eigenvalue weighted by Crippen LogP contribution is -2.43. The van der Waals surface area contributed by atoms with E-state index in [1.807, 2.05) is 4.90 Å². The fraction of sp³-hybridized carbons (Fsp3) is 0.611. The number of aryl methyl sites for hydroxylation is 2. The van der Waals surface area contributed by atoms with E-state index in [0.29, 0.717) is 29.6 Å². The van der Waals surface area contributed by atoms with Crippen LogP contribution in [-0.2, 0) is 9.59 Å². The van der Waals surface area contributed by atoms with Crippen LogP contribution in [-0.4, -0.2) is 58.5 Å². The molecule has 2 aromatic carbocycles. The first-order chi connectivity index (χ1) is 20.1. The highest BCUT2D eigenvalue weighted by Gasteiger charge is 2.44. The molecule has 2 aromatic rings. The molecule has 242 valence electrons. The normalized spacial score (nSPS) is 17.3. The number of carboxylic acid groups (broad SMARTS) is 1. The molecule has 0 bridgehead atoms. The smallest absolute Gasteiger partial charge is 0.303 e. The molecule has 2 unspecified atom stereocenters. The van der Waals surface area contributed by atoms with Crippen LogP contribution < -0.4 is 0 Å². The van der Waals surface area contributed by atoms with Gasteiger partial charge in [0, 0.05) is 49.1 Å². The van der Waals surface area contributed by atoms with Gasteiger partial charge in [0.05, 0.1) is 5.92 Å². The molecule has 3 rings (SSSR count). The molecule has 0 radical (unpaired) electrons. The number of hydrogen-bond acceptors (Lipinski definition) is 3. The third-order valence-corrected chi connectivity index (χ3v) is 8.75. The topological polar surface area (TPSA) is 60.9 Å². The molecule has 0 aromatic heterocycles. The van der Waals surface area contributed by atoms with Gasteiger partial charge in [0.15, 0.2) is 0 Å². The molecule has 1 aliphatic rings. The number of carbonyl (C=O) groups excluding carboxylic acids is 1. The van der Waals surface area contributed by atoms with Gasteiger partial charge in [-0.2, -0.15) is 0 Å². The average molecular weight is 619 g/mol. The Morgan fingerprint density at radius 2 is 1.63 bits per heavy atom. The zero-order valence-electron chi connectivity index (χ0n) is 28.3. The quantitative estimate of drug-likeness (QED) is 0.304. The maximum absolute atomic E-state index is 14.8. The third-order valence-electron chi connectivity index (χ3n) is 8.52. The van der Waals surface area contributed by atoms with Crippen molar-refractivity contribution in [3.8, 4) is 0 Å². The average Bonchev–Trinajstić information content (AvgIpc) is 3.40. The molecule has 43 heavy (non-hydrogen) atoms. The molecule has 1 N–H and O–H groups in total. The number of aliphatic carboxylic acids is 1. The number of benzene rings is 2. The Bertz CT molecular complexity index is 1140. The molecule has 5 nitrogen and oxygen atoms in total. The monoisotopic (exact) mass is 618 g/mol. The molecular weight excluding hydrogens is 563 g/mol. The summed E-state index contributed by atoms with van der Waals surface area (Å²) in [6.07, 6.45) is 3.29. The van der Waals surface area contributed by atoms with E-state index in [9.17, 15) is 14.0 Å². The van der Waals surface area contributed by atoms with Crippen LogP contribution in [0.3, 0.4) is 0 Å². The molecule has 1 aliphatic heterocycles. The molecular formula is C36H56ClFN2O3. The highest BCUT2D eigenvalue weighted by atomic mass is 35.5. The van der Waals surface area contributed by atoms with Gasteiger partial charge in [-0.25, -0.2) is 4.39 Å². The summed E-state index contributed by atoms with van der Waals surface area (Å²) in [5, 5.41) is 8.11. The van der Waals surface area contributed by atoms with Crippen molar-refractivity contribution in [1.29, 1.82) is 0 Å². The van der Waals surface area contributed by atoms with Gasteiger partial charge >= 0.3 is 5.97 Å². The van der Waals surface area contributed by atoms with Gasteiger partial charge in [-0.05, 0) is 94.7 Å². The molecule has 1 amide bonds. The predicted molar refractivity (Wildman–Crippen MR) is 178 cm³/mol. The van der Waals surface area contributed by atoms with Gasteiger partial charge in [-0.3, -0.25) is 14.5 Å². The second-order valence-electron chi connectivity index (χ2n) is 12.8. The summed E-state index contributed by atoms with van der Waals surface area (Å²) in [7, 11) is 0. The van der Waals surface area contributed by atoms with Crippen molar-refractivity contribution in [2.24, 2.45) is 11.8 Å². The number of hydrogen-bond donors (Lipinski definition) is 1. The maximum atomic E-state index is 14.8. The van der Waals surface area contributed by atoms with E-state index < -0.39 is 5.97 Å². The number of amides is 1. The second kappa shape index (κ2) is 18.4. The second-order valence-corrected chi connectivity index (χ2v) is 13.3. The largest absolute Gasteiger partial charge is 0.481 e. The number of carboxylic acids is 1. The molecule has 1 fully saturated rings. The van der Waals surface area contributed by atoms with Crippen LogP contribution in [0.15, 0.2) is 36.4 Å². The van der Waals surface area contributed by atoms with Gasteiger partial charge in [-0.1, -0.05) is 70.0 Å².